The van der Waals surface area contributed by atoms with Gasteiger partial charge in [0.25, 0.3) is 0 Å². The first kappa shape index (κ1) is 12.9. The lowest BCUT2D eigenvalue weighted by Crippen LogP contribution is -2.27. The van der Waals surface area contributed by atoms with Crippen molar-refractivity contribution in [1.29, 1.82) is 0 Å². The molecule has 0 spiro atoms. The summed E-state index contributed by atoms with van der Waals surface area (Å²) in [6, 6.07) is 9.57. The number of hydrogen-bond donors (Lipinski definition) is 2. The van der Waals surface area contributed by atoms with Gasteiger partial charge in [-0.25, -0.2) is 4.79 Å². The number of methoxy groups -OCH3 is 1. The van der Waals surface area contributed by atoms with E-state index in [4.69, 9.17) is 4.74 Å². The van der Waals surface area contributed by atoms with Gasteiger partial charge in [0.15, 0.2) is 6.04 Å². The molecule has 0 fully saturated rings. The van der Waals surface area contributed by atoms with Gasteiger partial charge in [-0.3, -0.25) is 4.79 Å². The van der Waals surface area contributed by atoms with Crippen LogP contribution >= 0.6 is 0 Å². The molecule has 19 heavy (non-hydrogen) atoms. The third kappa shape index (κ3) is 2.35. The molecule has 0 bridgehead atoms. The van der Waals surface area contributed by atoms with Gasteiger partial charge < -0.3 is 15.2 Å². The van der Waals surface area contributed by atoms with Crippen molar-refractivity contribution >= 4 is 23.2 Å². The Hall–Kier alpha value is -2.56. The van der Waals surface area contributed by atoms with Crippen molar-refractivity contribution < 1.29 is 19.4 Å². The summed E-state index contributed by atoms with van der Waals surface area (Å²) in [6.07, 6.45) is 0.387. The molecule has 0 saturated carbocycles. The van der Waals surface area contributed by atoms with Gasteiger partial charge in [0.1, 0.15) is 5.75 Å². The largest absolute Gasteiger partial charge is 0.496 e. The van der Waals surface area contributed by atoms with Crippen LogP contribution in [0.25, 0.3) is 10.8 Å². The highest BCUT2D eigenvalue weighted by molar-refractivity contribution is 5.94. The van der Waals surface area contributed by atoms with E-state index in [1.807, 2.05) is 18.2 Å². The molecule has 5 nitrogen and oxygen atoms in total. The van der Waals surface area contributed by atoms with Crippen molar-refractivity contribution in [3.63, 3.8) is 0 Å². The van der Waals surface area contributed by atoms with E-state index in [1.54, 1.807) is 25.3 Å². The van der Waals surface area contributed by atoms with Crippen LogP contribution in [0.5, 0.6) is 5.75 Å². The Morgan fingerprint density at radius 3 is 2.53 bits per heavy atom. The zero-order valence-corrected chi connectivity index (χ0v) is 10.3. The predicted molar refractivity (Wildman–Crippen MR) is 70.1 cm³/mol. The van der Waals surface area contributed by atoms with E-state index in [0.717, 1.165) is 10.8 Å². The molecule has 1 amide bonds. The highest BCUT2D eigenvalue weighted by Gasteiger charge is 2.21. The molecular formula is C14H13NO4. The number of amides is 1. The number of fused-ring (bicyclic) bond motifs is 1. The summed E-state index contributed by atoms with van der Waals surface area (Å²) in [5, 5.41) is 13.0. The number of nitrogens with one attached hydrogen (secondary N) is 1. The van der Waals surface area contributed by atoms with Crippen LogP contribution in [-0.4, -0.2) is 24.6 Å². The molecule has 0 aliphatic carbocycles. The van der Waals surface area contributed by atoms with Gasteiger partial charge in [-0.1, -0.05) is 30.3 Å². The first-order valence-electron chi connectivity index (χ1n) is 5.67. The highest BCUT2D eigenvalue weighted by atomic mass is 16.5. The Bertz CT molecular complexity index is 624. The predicted octanol–water partition coefficient (Wildman–Crippen LogP) is 1.72. The minimum atomic E-state index is -1.11. The molecule has 2 aromatic rings. The molecule has 2 aromatic carbocycles. The Balaban J connectivity index is 2.67. The van der Waals surface area contributed by atoms with Gasteiger partial charge in [0.2, 0.25) is 6.41 Å². The van der Waals surface area contributed by atoms with Crippen molar-refractivity contribution in [2.75, 3.05) is 7.11 Å². The zero-order valence-electron chi connectivity index (χ0n) is 10.3. The maximum atomic E-state index is 11.2. The number of hydrogen-bond acceptors (Lipinski definition) is 3. The first-order valence-corrected chi connectivity index (χ1v) is 5.67. The van der Waals surface area contributed by atoms with E-state index in [2.05, 4.69) is 5.32 Å². The van der Waals surface area contributed by atoms with E-state index in [-0.39, 0.29) is 0 Å². The topological polar surface area (TPSA) is 75.6 Å². The summed E-state index contributed by atoms with van der Waals surface area (Å²) in [5.74, 6) is -0.447. The maximum Gasteiger partial charge on any atom is 0.330 e. The van der Waals surface area contributed by atoms with E-state index in [0.29, 0.717) is 17.7 Å². The first-order chi connectivity index (χ1) is 9.19. The van der Waals surface area contributed by atoms with Crippen LogP contribution in [0.15, 0.2) is 36.4 Å². The lowest BCUT2D eigenvalue weighted by Gasteiger charge is -2.15. The van der Waals surface area contributed by atoms with Gasteiger partial charge in [0.05, 0.1) is 7.11 Å². The van der Waals surface area contributed by atoms with E-state index >= 15 is 0 Å². The molecule has 0 aliphatic rings. The maximum absolute atomic E-state index is 11.2. The number of ether oxygens (including phenoxy) is 1. The molecule has 5 heteroatoms. The Morgan fingerprint density at radius 2 is 1.95 bits per heavy atom. The molecule has 0 saturated heterocycles. The van der Waals surface area contributed by atoms with Gasteiger partial charge in [-0.15, -0.1) is 0 Å². The molecule has 98 valence electrons. The van der Waals surface area contributed by atoms with E-state index in [1.165, 1.54) is 0 Å². The third-order valence-corrected chi connectivity index (χ3v) is 2.93. The number of carboxylic acids is 1. The van der Waals surface area contributed by atoms with E-state index in [9.17, 15) is 14.7 Å². The smallest absolute Gasteiger partial charge is 0.330 e. The van der Waals surface area contributed by atoms with Crippen LogP contribution in [-0.2, 0) is 9.59 Å². The Morgan fingerprint density at radius 1 is 1.26 bits per heavy atom. The minimum Gasteiger partial charge on any atom is -0.496 e. The summed E-state index contributed by atoms with van der Waals surface area (Å²) in [4.78, 5) is 21.8. The quantitative estimate of drug-likeness (QED) is 0.802. The summed E-state index contributed by atoms with van der Waals surface area (Å²) in [5.41, 5.74) is 0.524. The second-order valence-corrected chi connectivity index (χ2v) is 3.96. The van der Waals surface area contributed by atoms with Crippen molar-refractivity contribution in [2.45, 2.75) is 6.04 Å². The van der Waals surface area contributed by atoms with Crippen molar-refractivity contribution in [2.24, 2.45) is 0 Å². The molecule has 0 radical (unpaired) electrons. The van der Waals surface area contributed by atoms with E-state index < -0.39 is 12.0 Å². The number of carbonyl (C=O) groups is 2. The van der Waals surface area contributed by atoms with Gasteiger partial charge in [-0.05, 0) is 17.0 Å². The Kier molecular flexibility index (Phi) is 3.66. The third-order valence-electron chi connectivity index (χ3n) is 2.93. The molecular weight excluding hydrogens is 246 g/mol. The molecule has 2 N–H and O–H groups in total. The van der Waals surface area contributed by atoms with Gasteiger partial charge in [-0.2, -0.15) is 0 Å². The average Bonchev–Trinajstić information content (AvgIpc) is 2.43. The molecule has 0 heterocycles. The Labute approximate surface area is 109 Å². The fourth-order valence-corrected chi connectivity index (χ4v) is 2.09. The van der Waals surface area contributed by atoms with Crippen molar-refractivity contribution in [3.8, 4) is 5.75 Å². The number of carbonyl (C=O) groups excluding carboxylic acids is 1. The molecule has 0 aromatic heterocycles. The summed E-state index contributed by atoms with van der Waals surface area (Å²) < 4.78 is 5.25. The van der Waals surface area contributed by atoms with Crippen molar-refractivity contribution in [1.82, 2.24) is 5.32 Å². The summed E-state index contributed by atoms with van der Waals surface area (Å²) >= 11 is 0. The normalized spacial score (nSPS) is 11.8. The van der Waals surface area contributed by atoms with Gasteiger partial charge in [0, 0.05) is 5.39 Å². The lowest BCUT2D eigenvalue weighted by molar-refractivity contribution is -0.140. The number of carboxylic acid groups (broad SMARTS) is 1. The summed E-state index contributed by atoms with van der Waals surface area (Å²) in [6.45, 7) is 0. The standard InChI is InChI=1S/C14H13NO4/c1-19-12-7-6-11(13(14(17)18)15-8-16)9-4-2-3-5-10(9)12/h2-8,13H,1H3,(H,15,16)(H,17,18). The second kappa shape index (κ2) is 5.39. The molecule has 1 atom stereocenters. The zero-order chi connectivity index (χ0) is 13.8. The van der Waals surface area contributed by atoms with Crippen LogP contribution in [0, 0.1) is 0 Å². The van der Waals surface area contributed by atoms with Crippen LogP contribution in [0.3, 0.4) is 0 Å². The second-order valence-electron chi connectivity index (χ2n) is 3.96. The number of rotatable bonds is 5. The molecule has 1 unspecified atom stereocenters. The molecule has 2 rings (SSSR count). The summed E-state index contributed by atoms with van der Waals surface area (Å²) in [7, 11) is 1.56. The fourth-order valence-electron chi connectivity index (χ4n) is 2.09. The minimum absolute atomic E-state index is 0.387. The SMILES string of the molecule is COc1ccc(C(NC=O)C(=O)O)c2ccccc12. The van der Waals surface area contributed by atoms with Crippen LogP contribution in [0.1, 0.15) is 11.6 Å². The lowest BCUT2D eigenvalue weighted by atomic mass is 9.98. The van der Waals surface area contributed by atoms with Crippen LogP contribution in [0.2, 0.25) is 0 Å². The average molecular weight is 259 g/mol. The number of benzene rings is 2. The van der Waals surface area contributed by atoms with Crippen LogP contribution < -0.4 is 10.1 Å². The fraction of sp³-hybridized carbons (Fsp3) is 0.143. The van der Waals surface area contributed by atoms with Crippen LogP contribution in [0.4, 0.5) is 0 Å². The number of aliphatic carboxylic acids is 1. The highest BCUT2D eigenvalue weighted by Crippen LogP contribution is 2.31. The molecule has 0 aliphatic heterocycles. The monoisotopic (exact) mass is 259 g/mol. The van der Waals surface area contributed by atoms with Gasteiger partial charge >= 0.3 is 5.97 Å². The van der Waals surface area contributed by atoms with Crippen molar-refractivity contribution in [3.05, 3.63) is 42.0 Å².